The summed E-state index contributed by atoms with van der Waals surface area (Å²) < 4.78 is 1.30. The highest BCUT2D eigenvalue weighted by atomic mass is 15.4. The van der Waals surface area contributed by atoms with E-state index in [4.69, 9.17) is 0 Å². The number of piperazine rings is 1. The second kappa shape index (κ2) is 5.61. The molecular weight excluding hydrogens is 160 g/mol. The fraction of sp³-hybridized carbons (Fsp3) is 1.00. The summed E-state index contributed by atoms with van der Waals surface area (Å²) >= 11 is 0. The minimum atomic E-state index is 1.21. The molecule has 2 nitrogen and oxygen atoms in total. The maximum Gasteiger partial charge on any atom is 0.0911 e. The molecule has 0 aromatic carbocycles. The van der Waals surface area contributed by atoms with E-state index in [2.05, 4.69) is 19.3 Å². The van der Waals surface area contributed by atoms with Crippen LogP contribution in [0.4, 0.5) is 0 Å². The van der Waals surface area contributed by atoms with Crippen LogP contribution in [0.2, 0.25) is 0 Å². The van der Waals surface area contributed by atoms with E-state index in [1.54, 1.807) is 0 Å². The summed E-state index contributed by atoms with van der Waals surface area (Å²) in [5, 5.41) is 3.43. The molecule has 13 heavy (non-hydrogen) atoms. The number of likely N-dealkylation sites (N-methyl/N-ethyl adjacent to an activating group) is 1. The summed E-state index contributed by atoms with van der Waals surface area (Å²) in [4.78, 5) is 0. The van der Waals surface area contributed by atoms with E-state index in [0.717, 1.165) is 0 Å². The van der Waals surface area contributed by atoms with Crippen LogP contribution in [0.3, 0.4) is 0 Å². The Labute approximate surface area is 82.9 Å². The molecule has 0 aromatic rings. The zero-order valence-electron chi connectivity index (χ0n) is 9.31. The molecule has 0 radical (unpaired) electrons. The SMILES string of the molecule is CCCCCC[N+]1(C)CCNCC1. The van der Waals surface area contributed by atoms with Crippen LogP contribution in [0, 0.1) is 0 Å². The summed E-state index contributed by atoms with van der Waals surface area (Å²) in [5.41, 5.74) is 0. The van der Waals surface area contributed by atoms with Gasteiger partial charge in [0, 0.05) is 13.1 Å². The van der Waals surface area contributed by atoms with Gasteiger partial charge < -0.3 is 9.80 Å². The molecule has 1 aliphatic rings. The van der Waals surface area contributed by atoms with E-state index < -0.39 is 0 Å². The van der Waals surface area contributed by atoms with Gasteiger partial charge in [-0.05, 0) is 12.8 Å². The van der Waals surface area contributed by atoms with Crippen molar-refractivity contribution in [3.63, 3.8) is 0 Å². The fourth-order valence-electron chi connectivity index (χ4n) is 2.08. The molecule has 0 atom stereocenters. The van der Waals surface area contributed by atoms with Gasteiger partial charge in [0.05, 0.1) is 26.7 Å². The van der Waals surface area contributed by atoms with Gasteiger partial charge in [0.25, 0.3) is 0 Å². The Morgan fingerprint density at radius 1 is 1.08 bits per heavy atom. The third-order valence-electron chi connectivity index (χ3n) is 3.21. The van der Waals surface area contributed by atoms with E-state index in [1.807, 2.05) is 0 Å². The van der Waals surface area contributed by atoms with Crippen molar-refractivity contribution >= 4 is 0 Å². The maximum absolute atomic E-state index is 3.43. The lowest BCUT2D eigenvalue weighted by Gasteiger charge is -2.38. The van der Waals surface area contributed by atoms with E-state index in [1.165, 1.54) is 62.9 Å². The Morgan fingerprint density at radius 2 is 1.77 bits per heavy atom. The number of nitrogens with one attached hydrogen (secondary N) is 1. The first-order valence-corrected chi connectivity index (χ1v) is 5.81. The molecule has 1 fully saturated rings. The molecule has 0 aliphatic carbocycles. The quantitative estimate of drug-likeness (QED) is 0.507. The van der Waals surface area contributed by atoms with Crippen LogP contribution in [0.25, 0.3) is 0 Å². The third kappa shape index (κ3) is 4.10. The molecular formula is C11H25N2+. The average molecular weight is 185 g/mol. The Kier molecular flexibility index (Phi) is 4.74. The lowest BCUT2D eigenvalue weighted by Crippen LogP contribution is -2.56. The number of hydrogen-bond acceptors (Lipinski definition) is 1. The molecule has 1 saturated heterocycles. The van der Waals surface area contributed by atoms with Crippen molar-refractivity contribution in [2.24, 2.45) is 0 Å². The number of rotatable bonds is 5. The second-order valence-corrected chi connectivity index (χ2v) is 4.60. The van der Waals surface area contributed by atoms with Crippen molar-refractivity contribution in [3.8, 4) is 0 Å². The minimum Gasteiger partial charge on any atom is -0.324 e. The molecule has 0 spiro atoms. The number of hydrogen-bond donors (Lipinski definition) is 1. The van der Waals surface area contributed by atoms with Gasteiger partial charge in [0.1, 0.15) is 0 Å². The van der Waals surface area contributed by atoms with Crippen molar-refractivity contribution in [1.29, 1.82) is 0 Å². The van der Waals surface area contributed by atoms with Crippen LogP contribution in [-0.2, 0) is 0 Å². The monoisotopic (exact) mass is 185 g/mol. The molecule has 0 aromatic heterocycles. The molecule has 1 heterocycles. The number of nitrogens with zero attached hydrogens (tertiary/aromatic N) is 1. The standard InChI is InChI=1S/C11H25N2/c1-3-4-5-6-9-13(2)10-7-12-8-11-13/h12H,3-11H2,1-2H3/q+1. The first-order chi connectivity index (χ1) is 6.27. The van der Waals surface area contributed by atoms with Crippen LogP contribution in [0.1, 0.15) is 32.6 Å². The van der Waals surface area contributed by atoms with E-state index in [9.17, 15) is 0 Å². The highest BCUT2D eigenvalue weighted by Gasteiger charge is 2.23. The first kappa shape index (κ1) is 11.0. The lowest BCUT2D eigenvalue weighted by atomic mass is 10.1. The molecule has 0 saturated carbocycles. The molecule has 1 N–H and O–H groups in total. The zero-order chi connectivity index (χ0) is 9.57. The van der Waals surface area contributed by atoms with Gasteiger partial charge in [-0.25, -0.2) is 0 Å². The van der Waals surface area contributed by atoms with Gasteiger partial charge >= 0.3 is 0 Å². The van der Waals surface area contributed by atoms with Crippen LogP contribution in [-0.4, -0.2) is 44.3 Å². The molecule has 2 heteroatoms. The van der Waals surface area contributed by atoms with Crippen LogP contribution < -0.4 is 5.32 Å². The van der Waals surface area contributed by atoms with Crippen LogP contribution in [0.5, 0.6) is 0 Å². The average Bonchev–Trinajstić information content (AvgIpc) is 2.14. The topological polar surface area (TPSA) is 12.0 Å². The fourth-order valence-corrected chi connectivity index (χ4v) is 2.08. The Bertz CT molecular complexity index is 128. The van der Waals surface area contributed by atoms with Crippen molar-refractivity contribution < 1.29 is 4.48 Å². The van der Waals surface area contributed by atoms with E-state index in [-0.39, 0.29) is 0 Å². The maximum atomic E-state index is 3.43. The Hall–Kier alpha value is -0.0800. The zero-order valence-corrected chi connectivity index (χ0v) is 9.31. The smallest absolute Gasteiger partial charge is 0.0911 e. The van der Waals surface area contributed by atoms with E-state index >= 15 is 0 Å². The van der Waals surface area contributed by atoms with Crippen molar-refractivity contribution in [1.82, 2.24) is 5.32 Å². The Balaban J connectivity index is 2.10. The number of quaternary nitrogens is 1. The molecule has 0 amide bonds. The van der Waals surface area contributed by atoms with Gasteiger partial charge in [-0.15, -0.1) is 0 Å². The van der Waals surface area contributed by atoms with Crippen molar-refractivity contribution in [3.05, 3.63) is 0 Å². The summed E-state index contributed by atoms with van der Waals surface area (Å²) in [5.74, 6) is 0. The second-order valence-electron chi connectivity index (χ2n) is 4.60. The van der Waals surface area contributed by atoms with Gasteiger partial charge in [-0.2, -0.15) is 0 Å². The lowest BCUT2D eigenvalue weighted by molar-refractivity contribution is -0.911. The van der Waals surface area contributed by atoms with Crippen LogP contribution in [0.15, 0.2) is 0 Å². The van der Waals surface area contributed by atoms with Crippen molar-refractivity contribution in [2.75, 3.05) is 39.8 Å². The molecule has 1 aliphatic heterocycles. The highest BCUT2D eigenvalue weighted by Crippen LogP contribution is 2.09. The van der Waals surface area contributed by atoms with Gasteiger partial charge in [0.15, 0.2) is 0 Å². The predicted molar refractivity (Wildman–Crippen MR) is 57.8 cm³/mol. The first-order valence-electron chi connectivity index (χ1n) is 5.81. The van der Waals surface area contributed by atoms with Crippen LogP contribution >= 0.6 is 0 Å². The van der Waals surface area contributed by atoms with Gasteiger partial charge in [-0.1, -0.05) is 19.8 Å². The summed E-state index contributed by atoms with van der Waals surface area (Å²) in [7, 11) is 2.41. The van der Waals surface area contributed by atoms with Gasteiger partial charge in [-0.3, -0.25) is 0 Å². The molecule has 0 unspecified atom stereocenters. The highest BCUT2D eigenvalue weighted by molar-refractivity contribution is 4.55. The number of unbranched alkanes of at least 4 members (excludes halogenated alkanes) is 3. The third-order valence-corrected chi connectivity index (χ3v) is 3.21. The predicted octanol–water partition coefficient (Wildman–Crippen LogP) is 1.62. The normalized spacial score (nSPS) is 21.7. The van der Waals surface area contributed by atoms with Crippen molar-refractivity contribution in [2.45, 2.75) is 32.6 Å². The van der Waals surface area contributed by atoms with E-state index in [0.29, 0.717) is 0 Å². The summed E-state index contributed by atoms with van der Waals surface area (Å²) in [6.07, 6.45) is 5.62. The molecule has 1 rings (SSSR count). The Morgan fingerprint density at radius 3 is 2.38 bits per heavy atom. The minimum absolute atomic E-state index is 1.21. The van der Waals surface area contributed by atoms with Gasteiger partial charge in [0.2, 0.25) is 0 Å². The summed E-state index contributed by atoms with van der Waals surface area (Å²) in [6.45, 7) is 8.75. The molecule has 78 valence electrons. The molecule has 0 bridgehead atoms. The summed E-state index contributed by atoms with van der Waals surface area (Å²) in [6, 6.07) is 0. The largest absolute Gasteiger partial charge is 0.324 e.